The Kier molecular flexibility index (Phi) is 1.41. The van der Waals surface area contributed by atoms with E-state index in [1.54, 1.807) is 0 Å². The Morgan fingerprint density at radius 1 is 1.67 bits per heavy atom. The lowest BCUT2D eigenvalue weighted by molar-refractivity contribution is 0.0683. The van der Waals surface area contributed by atoms with Gasteiger partial charge in [0.1, 0.15) is 0 Å². The Labute approximate surface area is 68.6 Å². The molecule has 0 radical (unpaired) electrons. The number of hydrogen-bond acceptors (Lipinski definition) is 4. The normalized spacial score (nSPS) is 16.4. The van der Waals surface area contributed by atoms with Crippen molar-refractivity contribution in [3.8, 4) is 0 Å². The van der Waals surface area contributed by atoms with Crippen LogP contribution in [0.25, 0.3) is 0 Å². The van der Waals surface area contributed by atoms with Crippen LogP contribution in [0.1, 0.15) is 21.8 Å². The van der Waals surface area contributed by atoms with Crippen molar-refractivity contribution in [1.82, 2.24) is 10.1 Å². The summed E-state index contributed by atoms with van der Waals surface area (Å²) in [6.07, 6.45) is 0. The molecule has 0 amide bonds. The van der Waals surface area contributed by atoms with Gasteiger partial charge in [-0.3, -0.25) is 4.90 Å². The first-order valence-corrected chi connectivity index (χ1v) is 3.57. The highest BCUT2D eigenvalue weighted by molar-refractivity contribution is 5.87. The zero-order valence-corrected chi connectivity index (χ0v) is 6.57. The van der Waals surface area contributed by atoms with Crippen LogP contribution in [-0.4, -0.2) is 28.2 Å². The predicted octanol–water partition coefficient (Wildman–Crippen LogP) is 0.318. The molecule has 0 saturated carbocycles. The molecule has 0 atom stereocenters. The summed E-state index contributed by atoms with van der Waals surface area (Å²) < 4.78 is 4.87. The second kappa shape index (κ2) is 2.31. The third kappa shape index (κ3) is 0.902. The van der Waals surface area contributed by atoms with E-state index in [1.165, 1.54) is 0 Å². The van der Waals surface area contributed by atoms with Gasteiger partial charge in [-0.15, -0.1) is 0 Å². The van der Waals surface area contributed by atoms with E-state index in [4.69, 9.17) is 9.63 Å². The highest BCUT2D eigenvalue weighted by atomic mass is 16.5. The van der Waals surface area contributed by atoms with E-state index in [0.717, 1.165) is 0 Å². The van der Waals surface area contributed by atoms with Gasteiger partial charge in [0.05, 0.1) is 6.54 Å². The molecule has 2 rings (SSSR count). The number of carboxylic acids is 1. The zero-order valence-electron chi connectivity index (χ0n) is 6.57. The summed E-state index contributed by atoms with van der Waals surface area (Å²) in [7, 11) is 1.90. The molecule has 0 saturated heterocycles. The zero-order chi connectivity index (χ0) is 8.72. The van der Waals surface area contributed by atoms with Crippen molar-refractivity contribution in [3.63, 3.8) is 0 Å². The maximum absolute atomic E-state index is 10.6. The van der Waals surface area contributed by atoms with Crippen LogP contribution in [0.5, 0.6) is 0 Å². The molecule has 0 aliphatic carbocycles. The molecule has 0 fully saturated rings. The summed E-state index contributed by atoms with van der Waals surface area (Å²) in [5.41, 5.74) is 0.763. The summed E-state index contributed by atoms with van der Waals surface area (Å²) in [6, 6.07) is 0. The maximum atomic E-state index is 10.6. The molecule has 0 aromatic carbocycles. The lowest BCUT2D eigenvalue weighted by Gasteiger charge is -2.03. The summed E-state index contributed by atoms with van der Waals surface area (Å²) in [6.45, 7) is 1.26. The van der Waals surface area contributed by atoms with Crippen LogP contribution in [0.3, 0.4) is 0 Å². The fourth-order valence-corrected chi connectivity index (χ4v) is 1.37. The number of fused-ring (bicyclic) bond motifs is 1. The summed E-state index contributed by atoms with van der Waals surface area (Å²) >= 11 is 0. The molecular formula is C7H8N2O3. The number of aromatic carboxylic acids is 1. The largest absolute Gasteiger partial charge is 0.476 e. The van der Waals surface area contributed by atoms with Gasteiger partial charge in [-0.1, -0.05) is 5.16 Å². The van der Waals surface area contributed by atoms with Crippen molar-refractivity contribution in [2.45, 2.75) is 13.1 Å². The van der Waals surface area contributed by atoms with Crippen LogP contribution in [0, 0.1) is 0 Å². The molecule has 1 N–H and O–H groups in total. The predicted molar refractivity (Wildman–Crippen MR) is 38.6 cm³/mol. The molecule has 5 heteroatoms. The van der Waals surface area contributed by atoms with Gasteiger partial charge in [0.2, 0.25) is 0 Å². The van der Waals surface area contributed by atoms with Crippen LogP contribution < -0.4 is 0 Å². The van der Waals surface area contributed by atoms with Crippen LogP contribution >= 0.6 is 0 Å². The van der Waals surface area contributed by atoms with E-state index in [-0.39, 0.29) is 5.69 Å². The maximum Gasteiger partial charge on any atom is 0.358 e. The standard InChI is InChI=1S/C7H8N2O3/c1-9-2-4-5(3-9)12-8-6(4)7(10)11/h2-3H2,1H3,(H,10,11). The van der Waals surface area contributed by atoms with Crippen molar-refractivity contribution in [2.24, 2.45) is 0 Å². The van der Waals surface area contributed by atoms with Gasteiger partial charge in [0, 0.05) is 12.1 Å². The van der Waals surface area contributed by atoms with Gasteiger partial charge in [-0.05, 0) is 7.05 Å². The van der Waals surface area contributed by atoms with Gasteiger partial charge >= 0.3 is 5.97 Å². The molecule has 1 aromatic rings. The number of hydrogen-bond donors (Lipinski definition) is 1. The summed E-state index contributed by atoms with van der Waals surface area (Å²) in [4.78, 5) is 12.6. The van der Waals surface area contributed by atoms with Crippen molar-refractivity contribution in [3.05, 3.63) is 17.0 Å². The monoisotopic (exact) mass is 168 g/mol. The van der Waals surface area contributed by atoms with Crippen LogP contribution in [0.4, 0.5) is 0 Å². The third-order valence-corrected chi connectivity index (χ3v) is 1.91. The van der Waals surface area contributed by atoms with E-state index in [1.807, 2.05) is 11.9 Å². The summed E-state index contributed by atoms with van der Waals surface area (Å²) in [5, 5.41) is 12.2. The smallest absolute Gasteiger partial charge is 0.358 e. The Hall–Kier alpha value is -1.36. The number of carbonyl (C=O) groups is 1. The van der Waals surface area contributed by atoms with E-state index in [2.05, 4.69) is 5.16 Å². The highest BCUT2D eigenvalue weighted by Crippen LogP contribution is 2.24. The number of aromatic nitrogens is 1. The minimum absolute atomic E-state index is 0.0503. The van der Waals surface area contributed by atoms with E-state index in [0.29, 0.717) is 24.4 Å². The average molecular weight is 168 g/mol. The molecule has 5 nitrogen and oxygen atoms in total. The van der Waals surface area contributed by atoms with Crippen molar-refractivity contribution in [1.29, 1.82) is 0 Å². The van der Waals surface area contributed by atoms with Gasteiger partial charge in [0.15, 0.2) is 11.5 Å². The number of nitrogens with zero attached hydrogens (tertiary/aromatic N) is 2. The summed E-state index contributed by atoms with van der Waals surface area (Å²) in [5.74, 6) is -0.342. The molecule has 0 spiro atoms. The topological polar surface area (TPSA) is 66.6 Å². The minimum Gasteiger partial charge on any atom is -0.476 e. The lowest BCUT2D eigenvalue weighted by Crippen LogP contribution is -2.10. The molecule has 1 aliphatic rings. The Bertz CT molecular complexity index is 331. The van der Waals surface area contributed by atoms with E-state index in [9.17, 15) is 4.79 Å². The molecule has 0 unspecified atom stereocenters. The van der Waals surface area contributed by atoms with Crippen molar-refractivity contribution >= 4 is 5.97 Å². The molecule has 64 valence electrons. The Balaban J connectivity index is 2.43. The molecular weight excluding hydrogens is 160 g/mol. The van der Waals surface area contributed by atoms with Gasteiger partial charge in [-0.25, -0.2) is 4.79 Å². The first-order valence-electron chi connectivity index (χ1n) is 3.57. The number of carboxylic acid groups (broad SMARTS) is 1. The quantitative estimate of drug-likeness (QED) is 0.654. The van der Waals surface area contributed by atoms with Gasteiger partial charge < -0.3 is 9.63 Å². The fourth-order valence-electron chi connectivity index (χ4n) is 1.37. The van der Waals surface area contributed by atoms with Crippen molar-refractivity contribution in [2.75, 3.05) is 7.05 Å². The van der Waals surface area contributed by atoms with Crippen LogP contribution in [-0.2, 0) is 13.1 Å². The second-order valence-electron chi connectivity index (χ2n) is 2.91. The van der Waals surface area contributed by atoms with E-state index >= 15 is 0 Å². The molecule has 12 heavy (non-hydrogen) atoms. The van der Waals surface area contributed by atoms with Gasteiger partial charge in [-0.2, -0.15) is 0 Å². The molecule has 1 aromatic heterocycles. The first kappa shape index (κ1) is 7.30. The number of rotatable bonds is 1. The molecule has 1 aliphatic heterocycles. The van der Waals surface area contributed by atoms with E-state index < -0.39 is 5.97 Å². The van der Waals surface area contributed by atoms with Crippen LogP contribution in [0.2, 0.25) is 0 Å². The Morgan fingerprint density at radius 3 is 3.08 bits per heavy atom. The lowest BCUT2D eigenvalue weighted by atomic mass is 10.2. The second-order valence-corrected chi connectivity index (χ2v) is 2.91. The minimum atomic E-state index is -1.02. The van der Waals surface area contributed by atoms with Gasteiger partial charge in [0.25, 0.3) is 0 Å². The first-order chi connectivity index (χ1) is 5.68. The molecule has 0 bridgehead atoms. The molecule has 2 heterocycles. The average Bonchev–Trinajstić information content (AvgIpc) is 2.43. The third-order valence-electron chi connectivity index (χ3n) is 1.91. The van der Waals surface area contributed by atoms with Crippen molar-refractivity contribution < 1.29 is 14.4 Å². The SMILES string of the molecule is CN1Cc2onc(C(=O)O)c2C1. The Morgan fingerprint density at radius 2 is 2.42 bits per heavy atom. The van der Waals surface area contributed by atoms with Crippen LogP contribution in [0.15, 0.2) is 4.52 Å². The highest BCUT2D eigenvalue weighted by Gasteiger charge is 2.27. The fraction of sp³-hybridized carbons (Fsp3) is 0.429.